The lowest BCUT2D eigenvalue weighted by molar-refractivity contribution is 0.0768. The van der Waals surface area contributed by atoms with Crippen LogP contribution in [0.2, 0.25) is 0 Å². The lowest BCUT2D eigenvalue weighted by atomic mass is 10.1. The smallest absolute Gasteiger partial charge is 0.119 e. The third kappa shape index (κ3) is 6.92. The van der Waals surface area contributed by atoms with Crippen LogP contribution in [0.1, 0.15) is 52.1 Å². The van der Waals surface area contributed by atoms with Gasteiger partial charge in [-0.2, -0.15) is 0 Å². The maximum absolute atomic E-state index is 5.59. The minimum atomic E-state index is 0.322. The molecule has 0 heterocycles. The van der Waals surface area contributed by atoms with Crippen molar-refractivity contribution in [3.05, 3.63) is 29.8 Å². The summed E-state index contributed by atoms with van der Waals surface area (Å²) < 4.78 is 11.1. The van der Waals surface area contributed by atoms with E-state index in [-0.39, 0.29) is 0 Å². The van der Waals surface area contributed by atoms with Crippen LogP contribution in [0.15, 0.2) is 24.3 Å². The molecular formula is C17H29NO2. The predicted molar refractivity (Wildman–Crippen MR) is 84.4 cm³/mol. The molecule has 0 saturated heterocycles. The van der Waals surface area contributed by atoms with Crippen molar-refractivity contribution in [1.29, 1.82) is 0 Å². The quantitative estimate of drug-likeness (QED) is 0.658. The van der Waals surface area contributed by atoms with Crippen LogP contribution in [-0.2, 0) is 4.74 Å². The number of benzene rings is 1. The predicted octanol–water partition coefficient (Wildman–Crippen LogP) is 3.94. The molecule has 0 fully saturated rings. The molecule has 1 unspecified atom stereocenters. The maximum Gasteiger partial charge on any atom is 0.119 e. The van der Waals surface area contributed by atoms with E-state index in [0.717, 1.165) is 38.3 Å². The number of ether oxygens (including phenoxy) is 2. The Hall–Kier alpha value is -1.06. The van der Waals surface area contributed by atoms with Gasteiger partial charge >= 0.3 is 0 Å². The minimum Gasteiger partial charge on any atom is -0.494 e. The summed E-state index contributed by atoms with van der Waals surface area (Å²) in [6, 6.07) is 8.71. The summed E-state index contributed by atoms with van der Waals surface area (Å²) in [5, 5.41) is 3.51. The van der Waals surface area contributed by atoms with E-state index in [1.165, 1.54) is 5.56 Å². The van der Waals surface area contributed by atoms with Gasteiger partial charge in [-0.15, -0.1) is 0 Å². The van der Waals surface area contributed by atoms with Gasteiger partial charge in [0, 0.05) is 12.6 Å². The largest absolute Gasteiger partial charge is 0.494 e. The van der Waals surface area contributed by atoms with E-state index in [9.17, 15) is 0 Å². The molecule has 1 aromatic rings. The number of hydrogen-bond acceptors (Lipinski definition) is 3. The average molecular weight is 279 g/mol. The van der Waals surface area contributed by atoms with Crippen molar-refractivity contribution in [3.8, 4) is 5.75 Å². The Morgan fingerprint density at radius 3 is 2.35 bits per heavy atom. The Bertz CT molecular complexity index is 349. The second-order valence-electron chi connectivity index (χ2n) is 5.37. The van der Waals surface area contributed by atoms with Crippen molar-refractivity contribution < 1.29 is 9.47 Å². The molecule has 0 aromatic heterocycles. The molecule has 3 nitrogen and oxygen atoms in total. The van der Waals surface area contributed by atoms with Gasteiger partial charge in [-0.1, -0.05) is 19.1 Å². The standard InChI is InChI=1S/C17H29NO2/c1-5-12-20-17-9-7-16(8-10-17)15(4)18-11-6-13-19-14(2)3/h7-10,14-15,18H,5-6,11-13H2,1-4H3. The van der Waals surface area contributed by atoms with Gasteiger partial charge in [0.15, 0.2) is 0 Å². The highest BCUT2D eigenvalue weighted by Gasteiger charge is 2.04. The SMILES string of the molecule is CCCOc1ccc(C(C)NCCCOC(C)C)cc1. The van der Waals surface area contributed by atoms with Crippen LogP contribution in [0.5, 0.6) is 5.75 Å². The second-order valence-corrected chi connectivity index (χ2v) is 5.37. The molecule has 0 aliphatic heterocycles. The fourth-order valence-corrected chi connectivity index (χ4v) is 1.90. The fourth-order valence-electron chi connectivity index (χ4n) is 1.90. The van der Waals surface area contributed by atoms with E-state index < -0.39 is 0 Å². The van der Waals surface area contributed by atoms with Gasteiger partial charge in [0.1, 0.15) is 5.75 Å². The average Bonchev–Trinajstić information content (AvgIpc) is 2.44. The summed E-state index contributed by atoms with van der Waals surface area (Å²) >= 11 is 0. The van der Waals surface area contributed by atoms with Gasteiger partial charge in [0.05, 0.1) is 12.7 Å². The third-order valence-corrected chi connectivity index (χ3v) is 3.08. The van der Waals surface area contributed by atoms with Crippen molar-refractivity contribution in [2.75, 3.05) is 19.8 Å². The number of nitrogens with one attached hydrogen (secondary N) is 1. The van der Waals surface area contributed by atoms with Crippen molar-refractivity contribution in [1.82, 2.24) is 5.32 Å². The molecule has 1 aromatic carbocycles. The van der Waals surface area contributed by atoms with Gasteiger partial charge in [0.2, 0.25) is 0 Å². The van der Waals surface area contributed by atoms with Gasteiger partial charge in [-0.05, 0) is 57.9 Å². The zero-order valence-corrected chi connectivity index (χ0v) is 13.3. The van der Waals surface area contributed by atoms with E-state index in [1.807, 2.05) is 12.1 Å². The first-order valence-corrected chi connectivity index (χ1v) is 7.71. The zero-order chi connectivity index (χ0) is 14.8. The number of rotatable bonds is 10. The lowest BCUT2D eigenvalue weighted by Crippen LogP contribution is -2.21. The molecule has 1 N–H and O–H groups in total. The Labute approximate surface area is 123 Å². The van der Waals surface area contributed by atoms with Crippen LogP contribution in [-0.4, -0.2) is 25.9 Å². The molecule has 0 aliphatic carbocycles. The molecule has 0 saturated carbocycles. The van der Waals surface area contributed by atoms with Crippen LogP contribution in [0, 0.1) is 0 Å². The number of hydrogen-bond donors (Lipinski definition) is 1. The van der Waals surface area contributed by atoms with Gasteiger partial charge < -0.3 is 14.8 Å². The molecule has 20 heavy (non-hydrogen) atoms. The molecule has 0 amide bonds. The van der Waals surface area contributed by atoms with Gasteiger partial charge in [-0.25, -0.2) is 0 Å². The first kappa shape index (κ1) is 17.0. The van der Waals surface area contributed by atoms with Crippen molar-refractivity contribution in [2.45, 2.75) is 52.7 Å². The minimum absolute atomic E-state index is 0.322. The third-order valence-electron chi connectivity index (χ3n) is 3.08. The highest BCUT2D eigenvalue weighted by molar-refractivity contribution is 5.28. The molecule has 0 aliphatic rings. The van der Waals surface area contributed by atoms with Crippen LogP contribution in [0.3, 0.4) is 0 Å². The normalized spacial score (nSPS) is 12.7. The Balaban J connectivity index is 2.26. The van der Waals surface area contributed by atoms with Crippen molar-refractivity contribution in [2.24, 2.45) is 0 Å². The molecule has 1 rings (SSSR count). The zero-order valence-electron chi connectivity index (χ0n) is 13.3. The molecule has 114 valence electrons. The van der Waals surface area contributed by atoms with Gasteiger partial charge in [-0.3, -0.25) is 0 Å². The summed E-state index contributed by atoms with van der Waals surface area (Å²) in [4.78, 5) is 0. The fraction of sp³-hybridized carbons (Fsp3) is 0.647. The van der Waals surface area contributed by atoms with Crippen LogP contribution in [0.25, 0.3) is 0 Å². The van der Waals surface area contributed by atoms with E-state index in [4.69, 9.17) is 9.47 Å². The van der Waals surface area contributed by atoms with E-state index >= 15 is 0 Å². The van der Waals surface area contributed by atoms with E-state index in [2.05, 4.69) is 45.1 Å². The molecule has 0 radical (unpaired) electrons. The van der Waals surface area contributed by atoms with Crippen molar-refractivity contribution >= 4 is 0 Å². The Kier molecular flexibility index (Phi) is 8.31. The van der Waals surface area contributed by atoms with Crippen LogP contribution in [0.4, 0.5) is 0 Å². The second kappa shape index (κ2) is 9.78. The first-order valence-electron chi connectivity index (χ1n) is 7.71. The summed E-state index contributed by atoms with van der Waals surface area (Å²) in [5.74, 6) is 0.952. The highest BCUT2D eigenvalue weighted by Crippen LogP contribution is 2.17. The Morgan fingerprint density at radius 2 is 1.75 bits per heavy atom. The topological polar surface area (TPSA) is 30.5 Å². The summed E-state index contributed by atoms with van der Waals surface area (Å²) in [5.41, 5.74) is 1.29. The summed E-state index contributed by atoms with van der Waals surface area (Å²) in [6.45, 7) is 11.0. The van der Waals surface area contributed by atoms with E-state index in [1.54, 1.807) is 0 Å². The molecule has 3 heteroatoms. The molecular weight excluding hydrogens is 250 g/mol. The summed E-state index contributed by atoms with van der Waals surface area (Å²) in [6.07, 6.45) is 2.40. The highest BCUT2D eigenvalue weighted by atomic mass is 16.5. The van der Waals surface area contributed by atoms with Gasteiger partial charge in [0.25, 0.3) is 0 Å². The van der Waals surface area contributed by atoms with E-state index in [0.29, 0.717) is 12.1 Å². The van der Waals surface area contributed by atoms with Crippen LogP contribution < -0.4 is 10.1 Å². The Morgan fingerprint density at radius 1 is 1.05 bits per heavy atom. The summed E-state index contributed by atoms with van der Waals surface area (Å²) in [7, 11) is 0. The first-order chi connectivity index (χ1) is 9.63. The molecule has 0 spiro atoms. The van der Waals surface area contributed by atoms with Crippen molar-refractivity contribution in [3.63, 3.8) is 0 Å². The maximum atomic E-state index is 5.59. The molecule has 0 bridgehead atoms. The molecule has 1 atom stereocenters. The lowest BCUT2D eigenvalue weighted by Gasteiger charge is -2.15. The van der Waals surface area contributed by atoms with Crippen LogP contribution >= 0.6 is 0 Å². The monoisotopic (exact) mass is 279 g/mol.